The highest BCUT2D eigenvalue weighted by atomic mass is 79.9. The Labute approximate surface area is 120 Å². The molecule has 0 bridgehead atoms. The van der Waals surface area contributed by atoms with E-state index in [0.29, 0.717) is 5.56 Å². The van der Waals surface area contributed by atoms with E-state index in [0.717, 1.165) is 36.0 Å². The predicted octanol–water partition coefficient (Wildman–Crippen LogP) is 1.89. The van der Waals surface area contributed by atoms with E-state index in [4.69, 9.17) is 10.9 Å². The summed E-state index contributed by atoms with van der Waals surface area (Å²) in [6.07, 6.45) is 3.29. The minimum absolute atomic E-state index is 0.0876. The number of anilines is 1. The molecule has 4 N–H and O–H groups in total. The molecule has 0 aromatic heterocycles. The first-order valence-electron chi connectivity index (χ1n) is 6.32. The first kappa shape index (κ1) is 14.1. The Kier molecular flexibility index (Phi) is 4.66. The monoisotopic (exact) mass is 327 g/mol. The number of amidine groups is 1. The third-order valence-corrected chi connectivity index (χ3v) is 4.13. The molecule has 1 saturated heterocycles. The van der Waals surface area contributed by atoms with E-state index < -0.39 is 0 Å². The maximum Gasteiger partial charge on any atom is 0.170 e. The number of aliphatic hydroxyl groups is 1. The van der Waals surface area contributed by atoms with Crippen molar-refractivity contribution in [1.29, 1.82) is 0 Å². The summed E-state index contributed by atoms with van der Waals surface area (Å²) in [6.45, 7) is 1.10. The molecule has 1 fully saturated rings. The third kappa shape index (κ3) is 3.01. The normalized spacial score (nSPS) is 20.6. The van der Waals surface area contributed by atoms with Gasteiger partial charge in [-0.15, -0.1) is 0 Å². The van der Waals surface area contributed by atoms with Gasteiger partial charge in [0.25, 0.3) is 0 Å². The van der Waals surface area contributed by atoms with Crippen LogP contribution in [0.25, 0.3) is 0 Å². The fourth-order valence-corrected chi connectivity index (χ4v) is 3.07. The van der Waals surface area contributed by atoms with E-state index in [-0.39, 0.29) is 18.5 Å². The van der Waals surface area contributed by atoms with E-state index in [9.17, 15) is 5.11 Å². The molecule has 0 spiro atoms. The molecule has 1 aliphatic rings. The van der Waals surface area contributed by atoms with E-state index in [2.05, 4.69) is 26.0 Å². The molecule has 104 valence electrons. The zero-order valence-electron chi connectivity index (χ0n) is 10.6. The first-order chi connectivity index (χ1) is 9.17. The average molecular weight is 328 g/mol. The van der Waals surface area contributed by atoms with Crippen molar-refractivity contribution in [3.8, 4) is 0 Å². The van der Waals surface area contributed by atoms with Gasteiger partial charge in [0.2, 0.25) is 0 Å². The number of benzene rings is 1. The number of nitrogens with two attached hydrogens (primary N) is 1. The molecular formula is C13H18BrN3O2. The molecule has 2 rings (SSSR count). The van der Waals surface area contributed by atoms with Gasteiger partial charge in [-0.2, -0.15) is 0 Å². The van der Waals surface area contributed by atoms with Gasteiger partial charge in [0.15, 0.2) is 5.84 Å². The summed E-state index contributed by atoms with van der Waals surface area (Å²) in [5.74, 6) is 0.0876. The maximum absolute atomic E-state index is 9.47. The number of rotatable bonds is 3. The van der Waals surface area contributed by atoms with Crippen molar-refractivity contribution in [3.05, 3.63) is 28.2 Å². The molecule has 19 heavy (non-hydrogen) atoms. The number of piperidine rings is 1. The zero-order valence-corrected chi connectivity index (χ0v) is 12.2. The van der Waals surface area contributed by atoms with Gasteiger partial charge in [0.05, 0.1) is 18.3 Å². The number of nitrogens with zero attached hydrogens (tertiary/aromatic N) is 2. The Balaban J connectivity index is 2.29. The minimum Gasteiger partial charge on any atom is -0.409 e. The third-order valence-electron chi connectivity index (χ3n) is 3.50. The average Bonchev–Trinajstić information content (AvgIpc) is 2.46. The zero-order chi connectivity index (χ0) is 13.8. The number of oxime groups is 1. The molecule has 1 aromatic rings. The van der Waals surface area contributed by atoms with Gasteiger partial charge in [-0.1, -0.05) is 5.16 Å². The SMILES string of the molecule is N/C(=N/O)c1ccc(N2CCCCC2CO)c(Br)c1. The second-order valence-electron chi connectivity index (χ2n) is 4.68. The number of halogens is 1. The summed E-state index contributed by atoms with van der Waals surface area (Å²) >= 11 is 3.52. The summed E-state index contributed by atoms with van der Waals surface area (Å²) < 4.78 is 0.886. The summed E-state index contributed by atoms with van der Waals surface area (Å²) in [5, 5.41) is 21.1. The van der Waals surface area contributed by atoms with Crippen molar-refractivity contribution < 1.29 is 10.3 Å². The van der Waals surface area contributed by atoms with Crippen LogP contribution in [0.5, 0.6) is 0 Å². The lowest BCUT2D eigenvalue weighted by Crippen LogP contribution is -2.42. The lowest BCUT2D eigenvalue weighted by molar-refractivity contribution is 0.240. The van der Waals surface area contributed by atoms with Crippen molar-refractivity contribution in [2.24, 2.45) is 10.9 Å². The lowest BCUT2D eigenvalue weighted by Gasteiger charge is -2.37. The summed E-state index contributed by atoms with van der Waals surface area (Å²) in [4.78, 5) is 2.21. The van der Waals surface area contributed by atoms with Crippen LogP contribution in [0.4, 0.5) is 5.69 Å². The molecule has 6 heteroatoms. The molecule has 0 radical (unpaired) electrons. The van der Waals surface area contributed by atoms with Crippen molar-refractivity contribution in [2.45, 2.75) is 25.3 Å². The van der Waals surface area contributed by atoms with Gasteiger partial charge in [-0.3, -0.25) is 0 Å². The van der Waals surface area contributed by atoms with E-state index >= 15 is 0 Å². The Morgan fingerprint density at radius 3 is 2.89 bits per heavy atom. The molecule has 1 aliphatic heterocycles. The fraction of sp³-hybridized carbons (Fsp3) is 0.462. The summed E-state index contributed by atoms with van der Waals surface area (Å²) in [6, 6.07) is 5.75. The van der Waals surface area contributed by atoms with Gasteiger partial charge >= 0.3 is 0 Å². The quantitative estimate of drug-likeness (QED) is 0.343. The number of hydrogen-bond donors (Lipinski definition) is 3. The van der Waals surface area contributed by atoms with Crippen LogP contribution in [0.2, 0.25) is 0 Å². The smallest absolute Gasteiger partial charge is 0.170 e. The van der Waals surface area contributed by atoms with Crippen LogP contribution < -0.4 is 10.6 Å². The molecule has 5 nitrogen and oxygen atoms in total. The van der Waals surface area contributed by atoms with Crippen LogP contribution in [0.15, 0.2) is 27.8 Å². The van der Waals surface area contributed by atoms with Crippen LogP contribution >= 0.6 is 15.9 Å². The van der Waals surface area contributed by atoms with Crippen LogP contribution in [0, 0.1) is 0 Å². The fourth-order valence-electron chi connectivity index (χ4n) is 2.46. The van der Waals surface area contributed by atoms with Crippen molar-refractivity contribution in [2.75, 3.05) is 18.1 Å². The van der Waals surface area contributed by atoms with Gasteiger partial charge in [-0.05, 0) is 53.4 Å². The van der Waals surface area contributed by atoms with Crippen LogP contribution in [-0.2, 0) is 0 Å². The van der Waals surface area contributed by atoms with E-state index in [1.54, 1.807) is 0 Å². The maximum atomic E-state index is 9.47. The van der Waals surface area contributed by atoms with E-state index in [1.165, 1.54) is 0 Å². The Bertz CT molecular complexity index is 479. The highest BCUT2D eigenvalue weighted by Gasteiger charge is 2.23. The van der Waals surface area contributed by atoms with Gasteiger partial charge in [-0.25, -0.2) is 0 Å². The molecule has 1 unspecified atom stereocenters. The standard InChI is InChI=1S/C13H18BrN3O2/c14-11-7-9(13(15)16-19)4-5-12(11)17-6-2-1-3-10(17)8-18/h4-5,7,10,18-19H,1-3,6,8H2,(H2,15,16). The number of hydrogen-bond acceptors (Lipinski definition) is 4. The Morgan fingerprint density at radius 1 is 1.47 bits per heavy atom. The summed E-state index contributed by atoms with van der Waals surface area (Å²) in [5.41, 5.74) is 7.27. The van der Waals surface area contributed by atoms with Crippen LogP contribution in [0.3, 0.4) is 0 Å². The van der Waals surface area contributed by atoms with Gasteiger partial charge in [0, 0.05) is 16.6 Å². The molecule has 0 saturated carbocycles. The Hall–Kier alpha value is -1.27. The second-order valence-corrected chi connectivity index (χ2v) is 5.53. The lowest BCUT2D eigenvalue weighted by atomic mass is 10.0. The molecule has 0 aliphatic carbocycles. The van der Waals surface area contributed by atoms with Crippen LogP contribution in [-0.4, -0.2) is 35.3 Å². The summed E-state index contributed by atoms with van der Waals surface area (Å²) in [7, 11) is 0. The molecule has 0 amide bonds. The van der Waals surface area contributed by atoms with Gasteiger partial charge < -0.3 is 20.9 Å². The molecular weight excluding hydrogens is 310 g/mol. The topological polar surface area (TPSA) is 82.1 Å². The van der Waals surface area contributed by atoms with Gasteiger partial charge in [0.1, 0.15) is 0 Å². The van der Waals surface area contributed by atoms with Crippen molar-refractivity contribution in [3.63, 3.8) is 0 Å². The highest BCUT2D eigenvalue weighted by molar-refractivity contribution is 9.10. The van der Waals surface area contributed by atoms with Crippen molar-refractivity contribution in [1.82, 2.24) is 0 Å². The number of aliphatic hydroxyl groups excluding tert-OH is 1. The molecule has 1 aromatic carbocycles. The second kappa shape index (κ2) is 6.25. The molecule has 1 heterocycles. The largest absolute Gasteiger partial charge is 0.409 e. The van der Waals surface area contributed by atoms with E-state index in [1.807, 2.05) is 18.2 Å². The van der Waals surface area contributed by atoms with Crippen molar-refractivity contribution >= 4 is 27.5 Å². The Morgan fingerprint density at radius 2 is 2.26 bits per heavy atom. The first-order valence-corrected chi connectivity index (χ1v) is 7.11. The van der Waals surface area contributed by atoms with Crippen LogP contribution in [0.1, 0.15) is 24.8 Å². The molecule has 1 atom stereocenters. The minimum atomic E-state index is 0.0876. The predicted molar refractivity (Wildman–Crippen MR) is 78.7 cm³/mol. The highest BCUT2D eigenvalue weighted by Crippen LogP contribution is 2.32.